The number of hydrogen-bond donors (Lipinski definition) is 1. The number of rotatable bonds is 4. The minimum atomic E-state index is -0.129. The molecule has 1 amide bonds. The molecule has 0 aliphatic heterocycles. The molecule has 1 unspecified atom stereocenters. The Morgan fingerprint density at radius 2 is 2.05 bits per heavy atom. The molecule has 1 aromatic heterocycles. The van der Waals surface area contributed by atoms with Crippen molar-refractivity contribution in [2.75, 3.05) is 19.4 Å². The van der Waals surface area contributed by atoms with Crippen molar-refractivity contribution in [3.05, 3.63) is 58.9 Å². The van der Waals surface area contributed by atoms with Gasteiger partial charge in [-0.1, -0.05) is 29.8 Å². The number of amides is 1. The van der Waals surface area contributed by atoms with Crippen LogP contribution < -0.4 is 5.32 Å². The predicted molar refractivity (Wildman–Crippen MR) is 85.7 cm³/mol. The first-order valence-corrected chi connectivity index (χ1v) is 7.07. The van der Waals surface area contributed by atoms with Gasteiger partial charge in [0.05, 0.1) is 11.6 Å². The van der Waals surface area contributed by atoms with E-state index < -0.39 is 0 Å². The molecule has 5 heteroatoms. The van der Waals surface area contributed by atoms with Gasteiger partial charge in [0.2, 0.25) is 0 Å². The second-order valence-corrected chi connectivity index (χ2v) is 5.19. The lowest BCUT2D eigenvalue weighted by Crippen LogP contribution is -2.30. The number of benzene rings is 1. The fraction of sp³-hybridized carbons (Fsp3) is 0.250. The molecule has 1 aromatic carbocycles. The minimum Gasteiger partial charge on any atom is -0.387 e. The van der Waals surface area contributed by atoms with Gasteiger partial charge in [0.1, 0.15) is 0 Å². The second-order valence-electron chi connectivity index (χ2n) is 4.78. The van der Waals surface area contributed by atoms with Crippen LogP contribution >= 0.6 is 11.6 Å². The maximum Gasteiger partial charge on any atom is 0.257 e. The Morgan fingerprint density at radius 1 is 1.33 bits per heavy atom. The lowest BCUT2D eigenvalue weighted by Gasteiger charge is -2.26. The van der Waals surface area contributed by atoms with E-state index in [-0.39, 0.29) is 11.9 Å². The summed E-state index contributed by atoms with van der Waals surface area (Å²) < 4.78 is 0. The smallest absolute Gasteiger partial charge is 0.257 e. The van der Waals surface area contributed by atoms with Gasteiger partial charge < -0.3 is 10.2 Å². The van der Waals surface area contributed by atoms with Gasteiger partial charge in [-0.05, 0) is 24.6 Å². The summed E-state index contributed by atoms with van der Waals surface area (Å²) in [5.41, 5.74) is 2.22. The lowest BCUT2D eigenvalue weighted by atomic mass is 10.1. The molecule has 21 heavy (non-hydrogen) atoms. The molecule has 2 rings (SSSR count). The van der Waals surface area contributed by atoms with Gasteiger partial charge in [0, 0.05) is 37.2 Å². The molecule has 0 spiro atoms. The zero-order chi connectivity index (χ0) is 15.4. The summed E-state index contributed by atoms with van der Waals surface area (Å²) >= 11 is 6.21. The number of aromatic nitrogens is 1. The third-order valence-electron chi connectivity index (χ3n) is 3.58. The van der Waals surface area contributed by atoms with Crippen molar-refractivity contribution < 1.29 is 4.79 Å². The van der Waals surface area contributed by atoms with Crippen LogP contribution in [0.3, 0.4) is 0 Å². The van der Waals surface area contributed by atoms with Crippen LogP contribution in [-0.4, -0.2) is 29.9 Å². The van der Waals surface area contributed by atoms with Gasteiger partial charge in [-0.25, -0.2) is 0 Å². The molecule has 0 aliphatic carbocycles. The summed E-state index contributed by atoms with van der Waals surface area (Å²) in [5.74, 6) is -0.0973. The van der Waals surface area contributed by atoms with E-state index in [1.165, 1.54) is 0 Å². The summed E-state index contributed by atoms with van der Waals surface area (Å²) in [6.45, 7) is 1.95. The highest BCUT2D eigenvalue weighted by Gasteiger charge is 2.22. The fourth-order valence-electron chi connectivity index (χ4n) is 2.17. The molecule has 0 radical (unpaired) electrons. The van der Waals surface area contributed by atoms with E-state index in [0.717, 1.165) is 11.3 Å². The van der Waals surface area contributed by atoms with E-state index in [1.54, 1.807) is 37.5 Å². The monoisotopic (exact) mass is 303 g/mol. The van der Waals surface area contributed by atoms with Crippen molar-refractivity contribution in [2.24, 2.45) is 0 Å². The largest absolute Gasteiger partial charge is 0.387 e. The number of halogens is 1. The first-order valence-electron chi connectivity index (χ1n) is 6.69. The summed E-state index contributed by atoms with van der Waals surface area (Å²) in [5, 5.41) is 3.66. The van der Waals surface area contributed by atoms with Gasteiger partial charge in [-0.15, -0.1) is 0 Å². The average Bonchev–Trinajstić information content (AvgIpc) is 2.53. The number of anilines is 1. The molecule has 2 aromatic rings. The number of hydrogen-bond acceptors (Lipinski definition) is 3. The zero-order valence-corrected chi connectivity index (χ0v) is 13.1. The Bertz CT molecular complexity index is 645. The molecule has 1 heterocycles. The molecular formula is C16H18ClN3O. The van der Waals surface area contributed by atoms with E-state index in [1.807, 2.05) is 31.2 Å². The maximum absolute atomic E-state index is 12.7. The van der Waals surface area contributed by atoms with Crippen molar-refractivity contribution in [3.63, 3.8) is 0 Å². The summed E-state index contributed by atoms with van der Waals surface area (Å²) in [7, 11) is 3.55. The van der Waals surface area contributed by atoms with Crippen molar-refractivity contribution >= 4 is 23.2 Å². The number of pyridine rings is 1. The van der Waals surface area contributed by atoms with Crippen LogP contribution in [0.4, 0.5) is 5.69 Å². The second kappa shape index (κ2) is 6.59. The van der Waals surface area contributed by atoms with Crippen LogP contribution in [0.2, 0.25) is 5.02 Å². The van der Waals surface area contributed by atoms with Gasteiger partial charge in [0.25, 0.3) is 5.91 Å². The molecule has 1 atom stereocenters. The van der Waals surface area contributed by atoms with Gasteiger partial charge in [0.15, 0.2) is 0 Å². The standard InChI is InChI=1S/C16H18ClN3O/c1-11(12-6-4-5-7-14(12)17)20(3)16(21)13-10-19-9-8-15(13)18-2/h4-11H,1-3H3,(H,18,19). The van der Waals surface area contributed by atoms with E-state index in [0.29, 0.717) is 10.6 Å². The first-order chi connectivity index (χ1) is 10.1. The third kappa shape index (κ3) is 3.16. The maximum atomic E-state index is 12.7. The van der Waals surface area contributed by atoms with Gasteiger partial charge in [-0.3, -0.25) is 9.78 Å². The quantitative estimate of drug-likeness (QED) is 0.938. The topological polar surface area (TPSA) is 45.2 Å². The van der Waals surface area contributed by atoms with Crippen LogP contribution in [0.5, 0.6) is 0 Å². The minimum absolute atomic E-state index is 0.0973. The molecule has 0 aliphatic rings. The van der Waals surface area contributed by atoms with E-state index in [4.69, 9.17) is 11.6 Å². The number of nitrogens with zero attached hydrogens (tertiary/aromatic N) is 2. The summed E-state index contributed by atoms with van der Waals surface area (Å²) in [6.07, 6.45) is 3.23. The van der Waals surface area contributed by atoms with Crippen LogP contribution in [-0.2, 0) is 0 Å². The molecular weight excluding hydrogens is 286 g/mol. The first kappa shape index (κ1) is 15.3. The summed E-state index contributed by atoms with van der Waals surface area (Å²) in [4.78, 5) is 18.4. The van der Waals surface area contributed by atoms with Crippen molar-refractivity contribution in [3.8, 4) is 0 Å². The molecule has 0 bridgehead atoms. The van der Waals surface area contributed by atoms with Crippen LogP contribution in [0.25, 0.3) is 0 Å². The SMILES string of the molecule is CNc1ccncc1C(=O)N(C)C(C)c1ccccc1Cl. The average molecular weight is 304 g/mol. The Labute approximate surface area is 129 Å². The molecule has 0 saturated carbocycles. The Morgan fingerprint density at radius 3 is 2.71 bits per heavy atom. The molecule has 1 N–H and O–H groups in total. The number of carbonyl (C=O) groups is 1. The van der Waals surface area contributed by atoms with Crippen molar-refractivity contribution in [1.29, 1.82) is 0 Å². The van der Waals surface area contributed by atoms with E-state index >= 15 is 0 Å². The molecule has 0 saturated heterocycles. The van der Waals surface area contributed by atoms with Crippen molar-refractivity contribution in [1.82, 2.24) is 9.88 Å². The molecule has 0 fully saturated rings. The Hall–Kier alpha value is -2.07. The normalized spacial score (nSPS) is 11.8. The van der Waals surface area contributed by atoms with E-state index in [2.05, 4.69) is 10.3 Å². The van der Waals surface area contributed by atoms with Crippen molar-refractivity contribution in [2.45, 2.75) is 13.0 Å². The van der Waals surface area contributed by atoms with Gasteiger partial charge >= 0.3 is 0 Å². The predicted octanol–water partition coefficient (Wildman–Crippen LogP) is 3.61. The summed E-state index contributed by atoms with van der Waals surface area (Å²) in [6, 6.07) is 9.20. The highest BCUT2D eigenvalue weighted by Crippen LogP contribution is 2.28. The highest BCUT2D eigenvalue weighted by atomic mass is 35.5. The van der Waals surface area contributed by atoms with Crippen LogP contribution in [0.1, 0.15) is 28.9 Å². The highest BCUT2D eigenvalue weighted by molar-refractivity contribution is 6.31. The third-order valence-corrected chi connectivity index (χ3v) is 3.92. The van der Waals surface area contributed by atoms with Crippen LogP contribution in [0, 0.1) is 0 Å². The molecule has 110 valence electrons. The van der Waals surface area contributed by atoms with Crippen LogP contribution in [0.15, 0.2) is 42.7 Å². The Balaban J connectivity index is 2.29. The molecule has 4 nitrogen and oxygen atoms in total. The van der Waals surface area contributed by atoms with Gasteiger partial charge in [-0.2, -0.15) is 0 Å². The number of nitrogens with one attached hydrogen (secondary N) is 1. The lowest BCUT2D eigenvalue weighted by molar-refractivity contribution is 0.0743. The van der Waals surface area contributed by atoms with E-state index in [9.17, 15) is 4.79 Å². The number of carbonyl (C=O) groups excluding carboxylic acids is 1. The Kier molecular flexibility index (Phi) is 4.81. The zero-order valence-electron chi connectivity index (χ0n) is 12.3. The fourth-order valence-corrected chi connectivity index (χ4v) is 2.46.